The second-order valence-electron chi connectivity index (χ2n) is 6.20. The van der Waals surface area contributed by atoms with Gasteiger partial charge in [-0.05, 0) is 24.1 Å². The third-order valence-electron chi connectivity index (χ3n) is 4.53. The summed E-state index contributed by atoms with van der Waals surface area (Å²) in [4.78, 5) is 14.5. The van der Waals surface area contributed by atoms with Crippen LogP contribution >= 0.6 is 0 Å². The van der Waals surface area contributed by atoms with E-state index in [4.69, 9.17) is 0 Å². The Hall–Kier alpha value is -3.10. The van der Waals surface area contributed by atoms with E-state index in [1.54, 1.807) is 12.4 Å². The van der Waals surface area contributed by atoms with Crippen LogP contribution in [0.1, 0.15) is 13.3 Å². The largest absolute Gasteiger partial charge is 0.432 e. The highest BCUT2D eigenvalue weighted by molar-refractivity contribution is 5.64. The van der Waals surface area contributed by atoms with Crippen molar-refractivity contribution < 1.29 is 13.2 Å². The van der Waals surface area contributed by atoms with Crippen LogP contribution in [0.15, 0.2) is 64.9 Å². The Morgan fingerprint density at radius 2 is 2.04 bits per heavy atom. The van der Waals surface area contributed by atoms with Gasteiger partial charge < -0.3 is 14.8 Å². The predicted molar refractivity (Wildman–Crippen MR) is 94.2 cm³/mol. The quantitative estimate of drug-likeness (QED) is 0.892. The summed E-state index contributed by atoms with van der Waals surface area (Å²) in [6.45, 7) is 2.31. The summed E-state index contributed by atoms with van der Waals surface area (Å²) in [5.41, 5.74) is 1.50. The molecule has 27 heavy (non-hydrogen) atoms. The van der Waals surface area contributed by atoms with Crippen LogP contribution in [0.2, 0.25) is 0 Å². The van der Waals surface area contributed by atoms with Crippen molar-refractivity contribution in [3.05, 3.63) is 60.0 Å². The zero-order valence-electron chi connectivity index (χ0n) is 14.5. The SMILES string of the molecule is CCC1=C(Cn2ccnc2-c2ccccn2)N=CN2C=C(C(F)(F)F)NC12. The van der Waals surface area contributed by atoms with Crippen molar-refractivity contribution in [1.82, 2.24) is 24.8 Å². The number of imidazole rings is 1. The molecular formula is C18H17F3N6. The molecule has 2 aliphatic rings. The first-order chi connectivity index (χ1) is 13.0. The first-order valence-corrected chi connectivity index (χ1v) is 8.49. The Balaban J connectivity index is 1.63. The molecule has 2 aromatic rings. The summed E-state index contributed by atoms with van der Waals surface area (Å²) >= 11 is 0. The number of halogens is 3. The topological polar surface area (TPSA) is 58.3 Å². The fraction of sp³-hybridized carbons (Fsp3) is 0.278. The number of aliphatic imine (C=N–C) groups is 1. The molecule has 4 rings (SSSR count). The molecule has 6 nitrogen and oxygen atoms in total. The normalized spacial score (nSPS) is 19.2. The zero-order chi connectivity index (χ0) is 19.0. The number of rotatable bonds is 4. The van der Waals surface area contributed by atoms with Gasteiger partial charge in [0.15, 0.2) is 5.82 Å². The Morgan fingerprint density at radius 1 is 1.19 bits per heavy atom. The van der Waals surface area contributed by atoms with Crippen molar-refractivity contribution in [3.8, 4) is 11.5 Å². The van der Waals surface area contributed by atoms with Crippen LogP contribution < -0.4 is 5.32 Å². The van der Waals surface area contributed by atoms with E-state index in [-0.39, 0.29) is 0 Å². The first-order valence-electron chi connectivity index (χ1n) is 8.49. The Labute approximate surface area is 153 Å². The van der Waals surface area contributed by atoms with E-state index in [2.05, 4.69) is 20.3 Å². The average molecular weight is 374 g/mol. The van der Waals surface area contributed by atoms with Crippen LogP contribution in [-0.4, -0.2) is 38.1 Å². The molecule has 0 radical (unpaired) electrons. The molecule has 9 heteroatoms. The van der Waals surface area contributed by atoms with Crippen LogP contribution in [0.5, 0.6) is 0 Å². The highest BCUT2D eigenvalue weighted by Gasteiger charge is 2.42. The molecular weight excluding hydrogens is 357 g/mol. The van der Waals surface area contributed by atoms with E-state index in [0.29, 0.717) is 18.8 Å². The Kier molecular flexibility index (Phi) is 4.21. The molecule has 1 unspecified atom stereocenters. The van der Waals surface area contributed by atoms with Gasteiger partial charge in [-0.1, -0.05) is 13.0 Å². The number of nitrogens with one attached hydrogen (secondary N) is 1. The molecule has 0 saturated carbocycles. The van der Waals surface area contributed by atoms with Gasteiger partial charge in [0.1, 0.15) is 17.6 Å². The average Bonchev–Trinajstić information content (AvgIpc) is 3.29. The minimum absolute atomic E-state index is 0.402. The van der Waals surface area contributed by atoms with Crippen molar-refractivity contribution in [3.63, 3.8) is 0 Å². The molecule has 0 fully saturated rings. The molecule has 2 aromatic heterocycles. The van der Waals surface area contributed by atoms with Crippen molar-refractivity contribution in [2.75, 3.05) is 0 Å². The monoisotopic (exact) mass is 374 g/mol. The van der Waals surface area contributed by atoms with Crippen molar-refractivity contribution in [2.45, 2.75) is 32.2 Å². The number of hydrogen-bond acceptors (Lipinski definition) is 5. The molecule has 4 heterocycles. The van der Waals surface area contributed by atoms with Gasteiger partial charge in [0.05, 0.1) is 18.6 Å². The van der Waals surface area contributed by atoms with Gasteiger partial charge in [-0.3, -0.25) is 4.98 Å². The van der Waals surface area contributed by atoms with Gasteiger partial charge in [-0.25, -0.2) is 9.98 Å². The molecule has 2 aliphatic heterocycles. The molecule has 1 N–H and O–H groups in total. The molecule has 0 amide bonds. The Morgan fingerprint density at radius 3 is 2.74 bits per heavy atom. The molecule has 140 valence electrons. The van der Waals surface area contributed by atoms with E-state index in [9.17, 15) is 13.2 Å². The number of nitrogens with zero attached hydrogens (tertiary/aromatic N) is 5. The Bertz CT molecular complexity index is 926. The van der Waals surface area contributed by atoms with Gasteiger partial charge >= 0.3 is 6.18 Å². The van der Waals surface area contributed by atoms with Gasteiger partial charge in [-0.15, -0.1) is 0 Å². The summed E-state index contributed by atoms with van der Waals surface area (Å²) in [7, 11) is 0. The van der Waals surface area contributed by atoms with E-state index in [1.807, 2.05) is 35.9 Å². The van der Waals surface area contributed by atoms with E-state index >= 15 is 0 Å². The molecule has 0 aliphatic carbocycles. The number of aromatic nitrogens is 3. The standard InChI is InChI=1S/C18H17F3N6/c1-2-12-14(24-11-27-10-15(18(19,20)21)25-16(12)27)9-26-8-7-23-17(26)13-5-3-4-6-22-13/h3-8,10-11,16,25H,2,9H2,1H3. The van der Waals surface area contributed by atoms with E-state index < -0.39 is 18.0 Å². The molecule has 0 bridgehead atoms. The van der Waals surface area contributed by atoms with Crippen molar-refractivity contribution in [2.24, 2.45) is 4.99 Å². The minimum atomic E-state index is -4.42. The van der Waals surface area contributed by atoms with Crippen LogP contribution in [0.25, 0.3) is 11.5 Å². The molecule has 1 atom stereocenters. The lowest BCUT2D eigenvalue weighted by atomic mass is 10.1. The summed E-state index contributed by atoms with van der Waals surface area (Å²) in [6, 6.07) is 5.56. The maximum atomic E-state index is 13.0. The smallest absolute Gasteiger partial charge is 0.356 e. The third-order valence-corrected chi connectivity index (χ3v) is 4.53. The fourth-order valence-electron chi connectivity index (χ4n) is 3.25. The molecule has 0 aromatic carbocycles. The lowest BCUT2D eigenvalue weighted by molar-refractivity contribution is -0.0961. The third kappa shape index (κ3) is 3.20. The zero-order valence-corrected chi connectivity index (χ0v) is 14.5. The van der Waals surface area contributed by atoms with Crippen LogP contribution in [-0.2, 0) is 6.54 Å². The van der Waals surface area contributed by atoms with E-state index in [0.717, 1.165) is 23.2 Å². The number of fused-ring (bicyclic) bond motifs is 1. The van der Waals surface area contributed by atoms with Crippen LogP contribution in [0.3, 0.4) is 0 Å². The lowest BCUT2D eigenvalue weighted by Gasteiger charge is -2.29. The maximum Gasteiger partial charge on any atom is 0.432 e. The second-order valence-corrected chi connectivity index (χ2v) is 6.20. The lowest BCUT2D eigenvalue weighted by Crippen LogP contribution is -2.41. The van der Waals surface area contributed by atoms with Gasteiger partial charge in [-0.2, -0.15) is 13.2 Å². The fourth-order valence-corrected chi connectivity index (χ4v) is 3.25. The van der Waals surface area contributed by atoms with E-state index in [1.165, 1.54) is 11.2 Å². The second kappa shape index (κ2) is 6.57. The number of hydrogen-bond donors (Lipinski definition) is 1. The highest BCUT2D eigenvalue weighted by Crippen LogP contribution is 2.33. The predicted octanol–water partition coefficient (Wildman–Crippen LogP) is 3.29. The summed E-state index contributed by atoms with van der Waals surface area (Å²) < 4.78 is 41.0. The summed E-state index contributed by atoms with van der Waals surface area (Å²) in [5.74, 6) is 0.685. The van der Waals surface area contributed by atoms with Gasteiger partial charge in [0.2, 0.25) is 0 Å². The number of alkyl halides is 3. The maximum absolute atomic E-state index is 13.0. The van der Waals surface area contributed by atoms with Gasteiger partial charge in [0, 0.05) is 24.8 Å². The van der Waals surface area contributed by atoms with Crippen LogP contribution in [0, 0.1) is 0 Å². The molecule has 0 saturated heterocycles. The molecule has 0 spiro atoms. The summed E-state index contributed by atoms with van der Waals surface area (Å²) in [5, 5.41) is 2.57. The van der Waals surface area contributed by atoms with Crippen molar-refractivity contribution >= 4 is 6.34 Å². The van der Waals surface area contributed by atoms with Gasteiger partial charge in [0.25, 0.3) is 0 Å². The highest BCUT2D eigenvalue weighted by atomic mass is 19.4. The van der Waals surface area contributed by atoms with Crippen LogP contribution in [0.4, 0.5) is 13.2 Å². The van der Waals surface area contributed by atoms with Crippen molar-refractivity contribution in [1.29, 1.82) is 0 Å². The minimum Gasteiger partial charge on any atom is -0.356 e. The first kappa shape index (κ1) is 17.3. The number of pyridine rings is 1. The summed E-state index contributed by atoms with van der Waals surface area (Å²) in [6.07, 6.45) is 3.25. The number of allylic oxidation sites excluding steroid dienone is 2.